The average Bonchev–Trinajstić information content (AvgIpc) is 2.75. The van der Waals surface area contributed by atoms with Gasteiger partial charge in [-0.25, -0.2) is 0 Å². The first-order valence-corrected chi connectivity index (χ1v) is 10.5. The van der Waals surface area contributed by atoms with Crippen molar-refractivity contribution in [1.29, 1.82) is 0 Å². The molecule has 6 heteroatoms. The second kappa shape index (κ2) is 11.8. The quantitative estimate of drug-likeness (QED) is 0.519. The van der Waals surface area contributed by atoms with Crippen LogP contribution >= 0.6 is 0 Å². The lowest BCUT2D eigenvalue weighted by Gasteiger charge is -2.31. The lowest BCUT2D eigenvalue weighted by atomic mass is 9.93. The lowest BCUT2D eigenvalue weighted by molar-refractivity contribution is 0.187. The number of nitrogens with zero attached hydrogens (tertiary/aromatic N) is 3. The molecule has 0 aliphatic carbocycles. The summed E-state index contributed by atoms with van der Waals surface area (Å²) in [5.41, 5.74) is 1.22. The van der Waals surface area contributed by atoms with Crippen molar-refractivity contribution in [3.05, 3.63) is 23.8 Å². The maximum absolute atomic E-state index is 5.40. The van der Waals surface area contributed by atoms with Crippen molar-refractivity contribution < 1.29 is 9.47 Å². The first-order chi connectivity index (χ1) is 13.6. The molecule has 0 bridgehead atoms. The maximum atomic E-state index is 5.40. The fraction of sp³-hybridized carbons (Fsp3) is 0.682. The molecule has 1 aliphatic rings. The summed E-state index contributed by atoms with van der Waals surface area (Å²) in [4.78, 5) is 9.19. The van der Waals surface area contributed by atoms with E-state index in [1.54, 1.807) is 14.2 Å². The number of benzene rings is 1. The largest absolute Gasteiger partial charge is 0.493 e. The summed E-state index contributed by atoms with van der Waals surface area (Å²) in [6.45, 7) is 7.82. The zero-order valence-corrected chi connectivity index (χ0v) is 18.3. The van der Waals surface area contributed by atoms with Gasteiger partial charge in [-0.2, -0.15) is 0 Å². The van der Waals surface area contributed by atoms with Gasteiger partial charge in [0.1, 0.15) is 0 Å². The molecule has 0 aromatic heterocycles. The molecule has 1 saturated heterocycles. The monoisotopic (exact) mass is 390 g/mol. The van der Waals surface area contributed by atoms with Gasteiger partial charge in [-0.1, -0.05) is 13.0 Å². The third-order valence-corrected chi connectivity index (χ3v) is 5.75. The van der Waals surface area contributed by atoms with E-state index in [1.807, 2.05) is 19.2 Å². The highest BCUT2D eigenvalue weighted by atomic mass is 16.5. The van der Waals surface area contributed by atoms with E-state index >= 15 is 0 Å². The number of rotatable bonds is 9. The summed E-state index contributed by atoms with van der Waals surface area (Å²) in [6, 6.07) is 6.10. The van der Waals surface area contributed by atoms with Crippen LogP contribution in [-0.2, 0) is 6.42 Å². The molecule has 6 nitrogen and oxygen atoms in total. The molecule has 1 aliphatic heterocycles. The molecular formula is C22H38N4O2. The van der Waals surface area contributed by atoms with Gasteiger partial charge < -0.3 is 24.6 Å². The van der Waals surface area contributed by atoms with Gasteiger partial charge in [0.05, 0.1) is 14.2 Å². The van der Waals surface area contributed by atoms with Crippen molar-refractivity contribution in [2.75, 3.05) is 61.0 Å². The summed E-state index contributed by atoms with van der Waals surface area (Å²) in [6.07, 6.45) is 4.79. The fourth-order valence-electron chi connectivity index (χ4n) is 3.80. The van der Waals surface area contributed by atoms with Gasteiger partial charge in [-0.15, -0.1) is 0 Å². The van der Waals surface area contributed by atoms with Crippen LogP contribution in [0.3, 0.4) is 0 Å². The zero-order chi connectivity index (χ0) is 20.4. The van der Waals surface area contributed by atoms with Crippen molar-refractivity contribution in [1.82, 2.24) is 15.1 Å². The molecule has 0 atom stereocenters. The smallest absolute Gasteiger partial charge is 0.193 e. The number of hydrogen-bond donors (Lipinski definition) is 1. The minimum absolute atomic E-state index is 0.766. The molecule has 1 fully saturated rings. The van der Waals surface area contributed by atoms with E-state index in [2.05, 4.69) is 40.1 Å². The molecule has 2 rings (SSSR count). The van der Waals surface area contributed by atoms with Crippen LogP contribution in [0.4, 0.5) is 0 Å². The highest BCUT2D eigenvalue weighted by Gasteiger charge is 2.18. The van der Waals surface area contributed by atoms with Crippen molar-refractivity contribution in [2.45, 2.75) is 32.6 Å². The maximum Gasteiger partial charge on any atom is 0.193 e. The molecule has 1 N–H and O–H groups in total. The molecule has 158 valence electrons. The van der Waals surface area contributed by atoms with Crippen LogP contribution in [0.2, 0.25) is 0 Å². The van der Waals surface area contributed by atoms with E-state index in [0.29, 0.717) is 0 Å². The van der Waals surface area contributed by atoms with Crippen molar-refractivity contribution in [3.8, 4) is 11.5 Å². The Kier molecular flexibility index (Phi) is 9.41. The third kappa shape index (κ3) is 6.59. The topological polar surface area (TPSA) is 49.3 Å². The standard InChI is InChI=1S/C22H38N4O2/c1-6-26-15-11-18(12-16-26)9-13-24-22(23-2)25(3)14-10-19-7-8-20(27-4)21(17-19)28-5/h7-8,17-18H,6,9-16H2,1-5H3,(H,23,24). The molecule has 1 heterocycles. The lowest BCUT2D eigenvalue weighted by Crippen LogP contribution is -2.41. The number of nitrogens with one attached hydrogen (secondary N) is 1. The Morgan fingerprint density at radius 3 is 2.54 bits per heavy atom. The first kappa shape index (κ1) is 22.3. The SMILES string of the molecule is CCN1CCC(CCNC(=NC)N(C)CCc2ccc(OC)c(OC)c2)CC1. The van der Waals surface area contributed by atoms with Crippen LogP contribution in [-0.4, -0.2) is 76.8 Å². The van der Waals surface area contributed by atoms with Gasteiger partial charge in [-0.05, 0) is 68.9 Å². The minimum atomic E-state index is 0.766. The molecule has 1 aromatic carbocycles. The second-order valence-corrected chi connectivity index (χ2v) is 7.50. The van der Waals surface area contributed by atoms with E-state index in [0.717, 1.165) is 42.9 Å². The van der Waals surface area contributed by atoms with Crippen LogP contribution < -0.4 is 14.8 Å². The Bertz CT molecular complexity index is 613. The summed E-state index contributed by atoms with van der Waals surface area (Å²) in [5.74, 6) is 3.35. The highest BCUT2D eigenvalue weighted by Crippen LogP contribution is 2.27. The Morgan fingerprint density at radius 2 is 1.93 bits per heavy atom. The Labute approximate surface area is 170 Å². The normalized spacial score (nSPS) is 16.1. The molecule has 0 unspecified atom stereocenters. The molecule has 0 saturated carbocycles. The van der Waals surface area contributed by atoms with Crippen molar-refractivity contribution in [2.24, 2.45) is 10.9 Å². The molecular weight excluding hydrogens is 352 g/mol. The summed E-state index contributed by atoms with van der Waals surface area (Å²) in [5, 5.41) is 3.54. The molecule has 1 aromatic rings. The number of likely N-dealkylation sites (tertiary alicyclic amines) is 1. The number of aliphatic imine (C=N–C) groups is 1. The number of methoxy groups -OCH3 is 2. The Hall–Kier alpha value is -1.95. The van der Waals surface area contributed by atoms with Gasteiger partial charge in [0.15, 0.2) is 17.5 Å². The van der Waals surface area contributed by atoms with Gasteiger partial charge in [0, 0.05) is 27.2 Å². The Balaban J connectivity index is 1.75. The van der Waals surface area contributed by atoms with Crippen LogP contribution in [0.25, 0.3) is 0 Å². The predicted octanol–water partition coefficient (Wildman–Crippen LogP) is 2.88. The van der Waals surface area contributed by atoms with E-state index in [9.17, 15) is 0 Å². The Morgan fingerprint density at radius 1 is 1.21 bits per heavy atom. The average molecular weight is 391 g/mol. The molecule has 28 heavy (non-hydrogen) atoms. The first-order valence-electron chi connectivity index (χ1n) is 10.5. The van der Waals surface area contributed by atoms with Crippen molar-refractivity contribution >= 4 is 5.96 Å². The fourth-order valence-corrected chi connectivity index (χ4v) is 3.80. The van der Waals surface area contributed by atoms with Gasteiger partial charge >= 0.3 is 0 Å². The van der Waals surface area contributed by atoms with E-state index in [1.165, 1.54) is 44.5 Å². The van der Waals surface area contributed by atoms with E-state index in [4.69, 9.17) is 9.47 Å². The summed E-state index contributed by atoms with van der Waals surface area (Å²) >= 11 is 0. The zero-order valence-electron chi connectivity index (χ0n) is 18.3. The number of hydrogen-bond acceptors (Lipinski definition) is 4. The predicted molar refractivity (Wildman–Crippen MR) is 117 cm³/mol. The second-order valence-electron chi connectivity index (χ2n) is 7.50. The van der Waals surface area contributed by atoms with Crippen LogP contribution in [0, 0.1) is 5.92 Å². The van der Waals surface area contributed by atoms with Gasteiger partial charge in [0.25, 0.3) is 0 Å². The van der Waals surface area contributed by atoms with E-state index < -0.39 is 0 Å². The van der Waals surface area contributed by atoms with Gasteiger partial charge in [-0.3, -0.25) is 4.99 Å². The number of ether oxygens (including phenoxy) is 2. The number of likely N-dealkylation sites (N-methyl/N-ethyl adjacent to an activating group) is 1. The molecule has 0 spiro atoms. The van der Waals surface area contributed by atoms with Crippen LogP contribution in [0.15, 0.2) is 23.2 Å². The summed E-state index contributed by atoms with van der Waals surface area (Å²) in [7, 11) is 7.28. The van der Waals surface area contributed by atoms with Crippen molar-refractivity contribution in [3.63, 3.8) is 0 Å². The minimum Gasteiger partial charge on any atom is -0.493 e. The number of guanidine groups is 1. The van der Waals surface area contributed by atoms with Crippen LogP contribution in [0.5, 0.6) is 11.5 Å². The van der Waals surface area contributed by atoms with Gasteiger partial charge in [0.2, 0.25) is 0 Å². The van der Waals surface area contributed by atoms with E-state index in [-0.39, 0.29) is 0 Å². The van der Waals surface area contributed by atoms with Crippen LogP contribution in [0.1, 0.15) is 31.7 Å². The summed E-state index contributed by atoms with van der Waals surface area (Å²) < 4.78 is 10.7. The molecule has 0 radical (unpaired) electrons. The third-order valence-electron chi connectivity index (χ3n) is 5.75. The number of piperidine rings is 1. The molecule has 0 amide bonds. The highest BCUT2D eigenvalue weighted by molar-refractivity contribution is 5.79.